The number of aromatic hydroxyl groups is 1. The molecular weight excluding hydrogens is 718 g/mol. The van der Waals surface area contributed by atoms with Crippen molar-refractivity contribution in [2.45, 2.75) is 51.4 Å². The molecule has 1 aromatic carbocycles. The van der Waals surface area contributed by atoms with Crippen molar-refractivity contribution in [1.82, 2.24) is 4.31 Å². The maximum absolute atomic E-state index is 13.2. The van der Waals surface area contributed by atoms with E-state index < -0.39 is 94.6 Å². The van der Waals surface area contributed by atoms with Crippen LogP contribution in [0.5, 0.6) is 11.5 Å². The van der Waals surface area contributed by atoms with Crippen LogP contribution >= 0.6 is 11.8 Å². The fourth-order valence-electron chi connectivity index (χ4n) is 4.38. The third kappa shape index (κ3) is 10.6. The SMILES string of the molecule is CC(C)(O/N=C(C(=O)C[C@@H]1C(=O)N(S(=O)(=O)O)[C@@H]1COC(=O)CCC(=O)c1cc(OCc2ccccc2)c(O)c[n+]1O)/C(N)=C/SCN)C(=O)O. The summed E-state index contributed by atoms with van der Waals surface area (Å²) >= 11 is 0.949. The van der Waals surface area contributed by atoms with E-state index in [9.17, 15) is 52.4 Å². The monoisotopic (exact) mass is 754 g/mol. The van der Waals surface area contributed by atoms with Crippen LogP contribution in [0.4, 0.5) is 0 Å². The van der Waals surface area contributed by atoms with E-state index in [-0.39, 0.29) is 33.9 Å². The van der Waals surface area contributed by atoms with E-state index in [1.165, 1.54) is 5.41 Å². The molecule has 21 heteroatoms. The summed E-state index contributed by atoms with van der Waals surface area (Å²) in [5, 5.41) is 34.4. The molecule has 2 heterocycles. The highest BCUT2D eigenvalue weighted by Crippen LogP contribution is 2.33. The highest BCUT2D eigenvalue weighted by molar-refractivity contribution is 8.02. The number of allylic oxidation sites excluding steroid dienone is 1. The predicted molar refractivity (Wildman–Crippen MR) is 175 cm³/mol. The van der Waals surface area contributed by atoms with Gasteiger partial charge in [-0.15, -0.1) is 11.8 Å². The van der Waals surface area contributed by atoms with Crippen LogP contribution in [-0.4, -0.2) is 91.9 Å². The first-order chi connectivity index (χ1) is 23.9. The standard InChI is InChI=1S/C30H35N5O14S2/c1-30(2,29(41)42)49-33-27(19(32)15-50-16-31)23(37)10-18-21(35(28(18)40)51(44,45)46)14-48-26(39)9-8-22(36)20-11-25(24(38)12-34(20)43)47-13-17-6-4-3-5-7-17/h3-7,11-12,15,18,21H,8-10,13-14,16,31-32H2,1-2H3,(H3-,36,38,41,42,43,44,45,46)/p+1/b19-15-,33-27-/t18-,21+/m0/s1. The second-order valence-electron chi connectivity index (χ2n) is 11.3. The molecule has 51 heavy (non-hydrogen) atoms. The van der Waals surface area contributed by atoms with Gasteiger partial charge in [0.1, 0.15) is 13.2 Å². The van der Waals surface area contributed by atoms with E-state index in [1.807, 2.05) is 0 Å². The van der Waals surface area contributed by atoms with Crippen LogP contribution in [-0.2, 0) is 45.7 Å². The first-order valence-corrected chi connectivity index (χ1v) is 17.3. The number of rotatable bonds is 19. The van der Waals surface area contributed by atoms with Gasteiger partial charge in [-0.2, -0.15) is 8.42 Å². The van der Waals surface area contributed by atoms with E-state index in [0.717, 1.165) is 43.4 Å². The zero-order valence-corrected chi connectivity index (χ0v) is 28.8. The van der Waals surface area contributed by atoms with Crippen molar-refractivity contribution in [1.29, 1.82) is 0 Å². The molecule has 0 aliphatic carbocycles. The molecule has 2 atom stereocenters. The summed E-state index contributed by atoms with van der Waals surface area (Å²) < 4.78 is 44.4. The van der Waals surface area contributed by atoms with Gasteiger partial charge < -0.3 is 36.0 Å². The number of aliphatic carboxylic acids is 1. The Labute approximate surface area is 295 Å². The lowest BCUT2D eigenvalue weighted by atomic mass is 9.85. The van der Waals surface area contributed by atoms with E-state index in [4.69, 9.17) is 25.8 Å². The number of carboxylic acids is 1. The highest BCUT2D eigenvalue weighted by Gasteiger charge is 2.54. The number of ketones is 2. The number of Topliss-reactive ketones (excluding diaryl/α,β-unsaturated/α-hetero) is 2. The number of carbonyl (C=O) groups excluding carboxylic acids is 4. The molecule has 1 saturated heterocycles. The first-order valence-electron chi connectivity index (χ1n) is 14.8. The Morgan fingerprint density at radius 3 is 2.43 bits per heavy atom. The number of ether oxygens (including phenoxy) is 2. The Morgan fingerprint density at radius 2 is 1.82 bits per heavy atom. The number of amides is 1. The number of nitrogens with two attached hydrogens (primary N) is 2. The third-order valence-corrected chi connectivity index (χ3v) is 8.74. The van der Waals surface area contributed by atoms with Gasteiger partial charge in [0, 0.05) is 23.4 Å². The molecule has 0 saturated carbocycles. The molecule has 1 aliphatic heterocycles. The second-order valence-corrected chi connectivity index (χ2v) is 13.5. The molecule has 0 unspecified atom stereocenters. The van der Waals surface area contributed by atoms with E-state index in [0.29, 0.717) is 4.73 Å². The molecule has 1 aliphatic rings. The van der Waals surface area contributed by atoms with Crippen LogP contribution in [0.15, 0.2) is 58.9 Å². The number of benzene rings is 1. The number of carbonyl (C=O) groups is 5. The minimum Gasteiger partial charge on any atom is -0.500 e. The van der Waals surface area contributed by atoms with Gasteiger partial charge in [0.05, 0.1) is 30.1 Å². The number of hydrogen-bond donors (Lipinski definition) is 6. The Morgan fingerprint density at radius 1 is 1.16 bits per heavy atom. The molecule has 0 bridgehead atoms. The van der Waals surface area contributed by atoms with Gasteiger partial charge in [0.15, 0.2) is 17.2 Å². The van der Waals surface area contributed by atoms with Crippen LogP contribution in [0.1, 0.15) is 49.2 Å². The second kappa shape index (κ2) is 17.1. The van der Waals surface area contributed by atoms with Crippen molar-refractivity contribution in [2.75, 3.05) is 12.5 Å². The summed E-state index contributed by atoms with van der Waals surface area (Å²) in [6.45, 7) is 1.47. The topological polar surface area (TPSA) is 300 Å². The summed E-state index contributed by atoms with van der Waals surface area (Å²) in [5.74, 6) is -7.53. The Hall–Kier alpha value is -5.25. The van der Waals surface area contributed by atoms with Gasteiger partial charge in [-0.25, -0.2) is 9.10 Å². The maximum Gasteiger partial charge on any atom is 0.362 e. The van der Waals surface area contributed by atoms with Crippen molar-refractivity contribution in [3.8, 4) is 11.5 Å². The average Bonchev–Trinajstić information content (AvgIpc) is 3.06. The van der Waals surface area contributed by atoms with Crippen molar-refractivity contribution >= 4 is 57.2 Å². The molecule has 0 radical (unpaired) electrons. The summed E-state index contributed by atoms with van der Waals surface area (Å²) in [7, 11) is -5.17. The lowest BCUT2D eigenvalue weighted by molar-refractivity contribution is -0.906. The van der Waals surface area contributed by atoms with E-state index >= 15 is 0 Å². The van der Waals surface area contributed by atoms with Crippen molar-refractivity contribution in [3.63, 3.8) is 0 Å². The van der Waals surface area contributed by atoms with Crippen LogP contribution < -0.4 is 20.9 Å². The number of β-lactam (4-membered cyclic amide) rings is 1. The van der Waals surface area contributed by atoms with Crippen LogP contribution in [0.2, 0.25) is 0 Å². The maximum atomic E-state index is 13.2. The Bertz CT molecular complexity index is 1830. The van der Waals surface area contributed by atoms with Crippen LogP contribution in [0.25, 0.3) is 0 Å². The molecule has 1 amide bonds. The number of pyridine rings is 1. The van der Waals surface area contributed by atoms with Gasteiger partial charge in [0.2, 0.25) is 23.0 Å². The molecule has 0 spiro atoms. The average molecular weight is 755 g/mol. The number of carboxylic acid groups (broad SMARTS) is 1. The van der Waals surface area contributed by atoms with Crippen molar-refractivity contribution < 1.29 is 71.4 Å². The molecule has 276 valence electrons. The number of nitrogens with zero attached hydrogens (tertiary/aromatic N) is 3. The fourth-order valence-corrected chi connectivity index (χ4v) is 5.69. The molecule has 2 aromatic rings. The summed E-state index contributed by atoms with van der Waals surface area (Å²) in [6, 6.07) is 8.37. The number of thioether (sulfide) groups is 1. The molecule has 3 rings (SSSR count). The number of esters is 1. The fraction of sp³-hybridized carbons (Fsp3) is 0.367. The smallest absolute Gasteiger partial charge is 0.362 e. The third-order valence-electron chi connectivity index (χ3n) is 7.18. The zero-order chi connectivity index (χ0) is 38.1. The lowest BCUT2D eigenvalue weighted by Crippen LogP contribution is -2.65. The number of hydrogen-bond acceptors (Lipinski definition) is 16. The largest absolute Gasteiger partial charge is 0.500 e. The lowest BCUT2D eigenvalue weighted by Gasteiger charge is -2.43. The Balaban J connectivity index is 1.69. The first kappa shape index (κ1) is 40.2. The van der Waals surface area contributed by atoms with Gasteiger partial charge in [-0.1, -0.05) is 35.5 Å². The van der Waals surface area contributed by atoms with Crippen LogP contribution in [0.3, 0.4) is 0 Å². The van der Waals surface area contributed by atoms with E-state index in [2.05, 4.69) is 5.16 Å². The normalized spacial score (nSPS) is 16.6. The van der Waals surface area contributed by atoms with Gasteiger partial charge in [-0.3, -0.25) is 28.9 Å². The number of oxime groups is 1. The Kier molecular flexibility index (Phi) is 13.5. The predicted octanol–water partition coefficient (Wildman–Crippen LogP) is 0.276. The minimum absolute atomic E-state index is 0.00972. The summed E-state index contributed by atoms with van der Waals surface area (Å²) in [6.07, 6.45) is -1.09. The highest BCUT2D eigenvalue weighted by atomic mass is 32.2. The van der Waals surface area contributed by atoms with Crippen LogP contribution in [0, 0.1) is 5.92 Å². The summed E-state index contributed by atoms with van der Waals surface area (Å²) in [5.41, 5.74) is 8.92. The minimum atomic E-state index is -5.17. The van der Waals surface area contributed by atoms with Crippen molar-refractivity contribution in [3.05, 3.63) is 65.0 Å². The molecule has 1 fully saturated rings. The summed E-state index contributed by atoms with van der Waals surface area (Å²) in [4.78, 5) is 67.8. The van der Waals surface area contributed by atoms with E-state index in [1.54, 1.807) is 30.3 Å². The van der Waals surface area contributed by atoms with Gasteiger partial charge >= 0.3 is 27.9 Å². The van der Waals surface area contributed by atoms with Gasteiger partial charge in [0.25, 0.3) is 6.20 Å². The van der Waals surface area contributed by atoms with Crippen molar-refractivity contribution in [2.24, 2.45) is 22.5 Å². The molecular formula is C30H36N5O14S2+. The number of aromatic nitrogens is 1. The molecule has 19 nitrogen and oxygen atoms in total. The van der Waals surface area contributed by atoms with Gasteiger partial charge in [-0.05, 0) is 24.8 Å². The molecule has 1 aromatic heterocycles. The zero-order valence-electron chi connectivity index (χ0n) is 27.2. The quantitative estimate of drug-likeness (QED) is 0.0129. The molecule has 8 N–H and O–H groups in total.